The van der Waals surface area contributed by atoms with Gasteiger partial charge in [-0.25, -0.2) is 0 Å². The number of rotatable bonds is 5. The molecule has 0 bridgehead atoms. The number of hydrogen-bond donors (Lipinski definition) is 1. The van der Waals surface area contributed by atoms with E-state index in [4.69, 9.17) is 4.74 Å². The lowest BCUT2D eigenvalue weighted by Gasteiger charge is -2.31. The summed E-state index contributed by atoms with van der Waals surface area (Å²) in [5.74, 6) is 1.00. The zero-order valence-corrected chi connectivity index (χ0v) is 15.0. The minimum atomic E-state index is -0.368. The average Bonchev–Trinajstić information content (AvgIpc) is 2.67. The lowest BCUT2D eigenvalue weighted by atomic mass is 10.0. The number of ether oxygens (including phenoxy) is 1. The highest BCUT2D eigenvalue weighted by molar-refractivity contribution is 5.86. The Morgan fingerprint density at radius 3 is 2.44 bits per heavy atom. The van der Waals surface area contributed by atoms with Crippen molar-refractivity contribution in [1.29, 1.82) is 0 Å². The molecule has 1 fully saturated rings. The smallest absolute Gasteiger partial charge is 0.249 e. The molecule has 132 valence electrons. The molecule has 1 N–H and O–H groups in total. The summed E-state index contributed by atoms with van der Waals surface area (Å²) >= 11 is 0. The first-order chi connectivity index (χ1) is 12.2. The van der Waals surface area contributed by atoms with Crippen molar-refractivity contribution in [2.24, 2.45) is 0 Å². The Hall–Kier alpha value is -2.49. The van der Waals surface area contributed by atoms with E-state index in [2.05, 4.69) is 5.32 Å². The molecular formula is C21H26N2O2. The Kier molecular flexibility index (Phi) is 5.59. The number of carbonyl (C=O) groups excluding carboxylic acids is 1. The predicted octanol–water partition coefficient (Wildman–Crippen LogP) is 4.17. The molecule has 1 aliphatic heterocycles. The zero-order chi connectivity index (χ0) is 17.6. The van der Waals surface area contributed by atoms with E-state index in [1.807, 2.05) is 60.4 Å². The maximum atomic E-state index is 13.1. The standard InChI is InChI=1S/C21H26N2O2/c1-16-15-18(11-12-19(16)25-2)22-20(17-9-5-3-6-10-17)21(24)23-13-7-4-8-14-23/h3,5-6,9-12,15,20,22H,4,7-8,13-14H2,1-2H3. The Bertz CT molecular complexity index is 709. The summed E-state index contributed by atoms with van der Waals surface area (Å²) in [5, 5.41) is 3.44. The van der Waals surface area contributed by atoms with E-state index in [9.17, 15) is 4.79 Å². The first-order valence-electron chi connectivity index (χ1n) is 8.94. The number of nitrogens with one attached hydrogen (secondary N) is 1. The van der Waals surface area contributed by atoms with Crippen molar-refractivity contribution in [3.8, 4) is 5.75 Å². The fourth-order valence-corrected chi connectivity index (χ4v) is 3.36. The normalized spacial score (nSPS) is 15.5. The SMILES string of the molecule is COc1ccc(NC(C(=O)N2CCCCC2)c2ccccc2)cc1C. The molecule has 1 amide bonds. The van der Waals surface area contributed by atoms with Crippen molar-refractivity contribution in [1.82, 2.24) is 4.90 Å². The lowest BCUT2D eigenvalue weighted by Crippen LogP contribution is -2.41. The summed E-state index contributed by atoms with van der Waals surface area (Å²) in [6.45, 7) is 3.71. The van der Waals surface area contributed by atoms with Gasteiger partial charge in [0.2, 0.25) is 5.91 Å². The van der Waals surface area contributed by atoms with Gasteiger partial charge in [-0.05, 0) is 55.5 Å². The number of benzene rings is 2. The molecule has 0 radical (unpaired) electrons. The van der Waals surface area contributed by atoms with E-state index in [-0.39, 0.29) is 11.9 Å². The van der Waals surface area contributed by atoms with Crippen LogP contribution in [-0.4, -0.2) is 31.0 Å². The summed E-state index contributed by atoms with van der Waals surface area (Å²) in [6.07, 6.45) is 3.40. The molecule has 0 aromatic heterocycles. The molecule has 3 rings (SSSR count). The third-order valence-electron chi connectivity index (χ3n) is 4.75. The molecule has 2 aromatic rings. The quantitative estimate of drug-likeness (QED) is 0.890. The molecule has 1 aliphatic rings. The molecule has 2 aromatic carbocycles. The van der Waals surface area contributed by atoms with Crippen molar-refractivity contribution >= 4 is 11.6 Å². The topological polar surface area (TPSA) is 41.6 Å². The third kappa shape index (κ3) is 4.13. The van der Waals surface area contributed by atoms with Crippen LogP contribution in [0.25, 0.3) is 0 Å². The van der Waals surface area contributed by atoms with Gasteiger partial charge in [0.05, 0.1) is 7.11 Å². The number of likely N-dealkylation sites (tertiary alicyclic amines) is 1. The van der Waals surface area contributed by atoms with Gasteiger partial charge in [-0.15, -0.1) is 0 Å². The minimum absolute atomic E-state index is 0.152. The highest BCUT2D eigenvalue weighted by atomic mass is 16.5. The van der Waals surface area contributed by atoms with Gasteiger partial charge >= 0.3 is 0 Å². The predicted molar refractivity (Wildman–Crippen MR) is 101 cm³/mol. The van der Waals surface area contributed by atoms with Crippen LogP contribution < -0.4 is 10.1 Å². The van der Waals surface area contributed by atoms with Gasteiger partial charge in [0.15, 0.2) is 0 Å². The second-order valence-electron chi connectivity index (χ2n) is 6.56. The number of piperidine rings is 1. The van der Waals surface area contributed by atoms with Crippen LogP contribution in [0.2, 0.25) is 0 Å². The largest absolute Gasteiger partial charge is 0.496 e. The van der Waals surface area contributed by atoms with Crippen molar-refractivity contribution in [2.75, 3.05) is 25.5 Å². The second-order valence-corrected chi connectivity index (χ2v) is 6.56. The molecule has 1 atom stereocenters. The lowest BCUT2D eigenvalue weighted by molar-refractivity contribution is -0.133. The van der Waals surface area contributed by atoms with Crippen LogP contribution in [0.15, 0.2) is 48.5 Å². The molecule has 25 heavy (non-hydrogen) atoms. The number of methoxy groups -OCH3 is 1. The fraction of sp³-hybridized carbons (Fsp3) is 0.381. The summed E-state index contributed by atoms with van der Waals surface area (Å²) in [4.78, 5) is 15.1. The first kappa shape index (κ1) is 17.3. The van der Waals surface area contributed by atoms with Gasteiger partial charge in [0, 0.05) is 18.8 Å². The van der Waals surface area contributed by atoms with E-state index in [1.165, 1.54) is 6.42 Å². The Morgan fingerprint density at radius 2 is 1.80 bits per heavy atom. The maximum absolute atomic E-state index is 13.1. The first-order valence-corrected chi connectivity index (χ1v) is 8.94. The second kappa shape index (κ2) is 8.06. The zero-order valence-electron chi connectivity index (χ0n) is 15.0. The van der Waals surface area contributed by atoms with E-state index < -0.39 is 0 Å². The van der Waals surface area contributed by atoms with Gasteiger partial charge in [-0.1, -0.05) is 30.3 Å². The van der Waals surface area contributed by atoms with Crippen LogP contribution in [0.1, 0.15) is 36.4 Å². The number of carbonyl (C=O) groups is 1. The van der Waals surface area contributed by atoms with Crippen molar-refractivity contribution in [3.63, 3.8) is 0 Å². The third-order valence-corrected chi connectivity index (χ3v) is 4.75. The maximum Gasteiger partial charge on any atom is 0.249 e. The summed E-state index contributed by atoms with van der Waals surface area (Å²) < 4.78 is 5.33. The molecule has 0 spiro atoms. The minimum Gasteiger partial charge on any atom is -0.496 e. The van der Waals surface area contributed by atoms with Crippen LogP contribution in [-0.2, 0) is 4.79 Å². The molecule has 1 unspecified atom stereocenters. The van der Waals surface area contributed by atoms with E-state index in [0.717, 1.165) is 48.5 Å². The van der Waals surface area contributed by atoms with Crippen LogP contribution >= 0.6 is 0 Å². The van der Waals surface area contributed by atoms with Crippen LogP contribution in [0.4, 0.5) is 5.69 Å². The molecule has 1 saturated heterocycles. The number of hydrogen-bond acceptors (Lipinski definition) is 3. The van der Waals surface area contributed by atoms with Gasteiger partial charge in [-0.2, -0.15) is 0 Å². The van der Waals surface area contributed by atoms with E-state index in [0.29, 0.717) is 0 Å². The van der Waals surface area contributed by atoms with Gasteiger partial charge < -0.3 is 15.0 Å². The van der Waals surface area contributed by atoms with Crippen molar-refractivity contribution < 1.29 is 9.53 Å². The fourth-order valence-electron chi connectivity index (χ4n) is 3.36. The Balaban J connectivity index is 1.86. The summed E-state index contributed by atoms with van der Waals surface area (Å²) in [7, 11) is 1.67. The monoisotopic (exact) mass is 338 g/mol. The Labute approximate surface area is 149 Å². The van der Waals surface area contributed by atoms with Crippen LogP contribution in [0, 0.1) is 6.92 Å². The summed E-state index contributed by atoms with van der Waals surface area (Å²) in [5.41, 5.74) is 2.97. The average molecular weight is 338 g/mol. The number of nitrogens with zero attached hydrogens (tertiary/aromatic N) is 1. The van der Waals surface area contributed by atoms with Gasteiger partial charge in [0.25, 0.3) is 0 Å². The number of anilines is 1. The van der Waals surface area contributed by atoms with Crippen LogP contribution in [0.5, 0.6) is 5.75 Å². The molecular weight excluding hydrogens is 312 g/mol. The molecule has 4 heteroatoms. The highest BCUT2D eigenvalue weighted by Gasteiger charge is 2.27. The molecule has 1 heterocycles. The highest BCUT2D eigenvalue weighted by Crippen LogP contribution is 2.27. The van der Waals surface area contributed by atoms with E-state index >= 15 is 0 Å². The van der Waals surface area contributed by atoms with Crippen molar-refractivity contribution in [2.45, 2.75) is 32.2 Å². The van der Waals surface area contributed by atoms with Gasteiger partial charge in [0.1, 0.15) is 11.8 Å². The van der Waals surface area contributed by atoms with Gasteiger partial charge in [-0.3, -0.25) is 4.79 Å². The molecule has 0 saturated carbocycles. The summed E-state index contributed by atoms with van der Waals surface area (Å²) in [6, 6.07) is 15.5. The number of amides is 1. The molecule has 4 nitrogen and oxygen atoms in total. The van der Waals surface area contributed by atoms with Crippen molar-refractivity contribution in [3.05, 3.63) is 59.7 Å². The van der Waals surface area contributed by atoms with Crippen LogP contribution in [0.3, 0.4) is 0 Å². The van der Waals surface area contributed by atoms with E-state index in [1.54, 1.807) is 7.11 Å². The Morgan fingerprint density at radius 1 is 1.08 bits per heavy atom. The molecule has 0 aliphatic carbocycles. The number of aryl methyl sites for hydroxylation is 1.